The Morgan fingerprint density at radius 1 is 1.00 bits per heavy atom. The lowest BCUT2D eigenvalue weighted by atomic mass is 10.0. The van der Waals surface area contributed by atoms with Crippen LogP contribution in [-0.4, -0.2) is 20.6 Å². The predicted molar refractivity (Wildman–Crippen MR) is 119 cm³/mol. The first-order valence-electron chi connectivity index (χ1n) is 9.82. The number of rotatable bonds is 5. The van der Waals surface area contributed by atoms with Crippen molar-refractivity contribution in [2.75, 3.05) is 5.32 Å². The number of halogens is 1. The SMILES string of the molecule is Cc1ccc(-c2cc(C(=O)Nc3ccccc3F)n(-c3ccc([N+](=O)[O-])cc3)n2)cc1C. The maximum atomic E-state index is 14.1. The zero-order valence-electron chi connectivity index (χ0n) is 17.4. The number of non-ortho nitro benzene ring substituents is 1. The molecule has 0 aliphatic heterocycles. The van der Waals surface area contributed by atoms with E-state index in [9.17, 15) is 19.3 Å². The number of hydrogen-bond donors (Lipinski definition) is 1. The van der Waals surface area contributed by atoms with Gasteiger partial charge in [0.25, 0.3) is 11.6 Å². The van der Waals surface area contributed by atoms with E-state index >= 15 is 0 Å². The molecule has 8 heteroatoms. The molecule has 4 rings (SSSR count). The highest BCUT2D eigenvalue weighted by Crippen LogP contribution is 2.26. The second-order valence-corrected chi connectivity index (χ2v) is 7.33. The van der Waals surface area contributed by atoms with Crippen molar-refractivity contribution < 1.29 is 14.1 Å². The Kier molecular flexibility index (Phi) is 5.51. The number of nitrogens with zero attached hydrogens (tertiary/aromatic N) is 3. The molecule has 0 fully saturated rings. The van der Waals surface area contributed by atoms with Crippen LogP contribution in [0.25, 0.3) is 16.9 Å². The van der Waals surface area contributed by atoms with Crippen LogP contribution in [-0.2, 0) is 0 Å². The smallest absolute Gasteiger partial charge is 0.274 e. The van der Waals surface area contributed by atoms with Crippen molar-refractivity contribution in [1.29, 1.82) is 0 Å². The van der Waals surface area contributed by atoms with Gasteiger partial charge in [-0.2, -0.15) is 5.10 Å². The topological polar surface area (TPSA) is 90.1 Å². The van der Waals surface area contributed by atoms with Crippen molar-refractivity contribution in [3.63, 3.8) is 0 Å². The number of nitrogens with one attached hydrogen (secondary N) is 1. The van der Waals surface area contributed by atoms with E-state index in [0.29, 0.717) is 11.4 Å². The van der Waals surface area contributed by atoms with Gasteiger partial charge in [-0.15, -0.1) is 0 Å². The minimum absolute atomic E-state index is 0.0432. The zero-order valence-corrected chi connectivity index (χ0v) is 17.4. The summed E-state index contributed by atoms with van der Waals surface area (Å²) in [5.41, 5.74) is 4.15. The highest BCUT2D eigenvalue weighted by Gasteiger charge is 2.20. The number of anilines is 1. The number of amides is 1. The van der Waals surface area contributed by atoms with Crippen molar-refractivity contribution in [1.82, 2.24) is 9.78 Å². The number of hydrogen-bond acceptors (Lipinski definition) is 4. The summed E-state index contributed by atoms with van der Waals surface area (Å²) >= 11 is 0. The fourth-order valence-corrected chi connectivity index (χ4v) is 3.25. The molecule has 0 radical (unpaired) electrons. The number of nitro groups is 1. The molecule has 4 aromatic rings. The van der Waals surface area contributed by atoms with Gasteiger partial charge >= 0.3 is 0 Å². The van der Waals surface area contributed by atoms with Crippen LogP contribution in [0.3, 0.4) is 0 Å². The van der Waals surface area contributed by atoms with Gasteiger partial charge in [-0.1, -0.05) is 24.3 Å². The van der Waals surface area contributed by atoms with E-state index in [1.807, 2.05) is 32.0 Å². The number of benzene rings is 3. The average molecular weight is 430 g/mol. The second-order valence-electron chi connectivity index (χ2n) is 7.33. The molecule has 0 unspecified atom stereocenters. The van der Waals surface area contributed by atoms with Crippen LogP contribution in [0.5, 0.6) is 0 Å². The van der Waals surface area contributed by atoms with Crippen LogP contribution in [0.1, 0.15) is 21.6 Å². The lowest BCUT2D eigenvalue weighted by Gasteiger charge is -2.09. The minimum atomic E-state index is -0.559. The first-order chi connectivity index (χ1) is 15.3. The summed E-state index contributed by atoms with van der Waals surface area (Å²) in [6, 6.07) is 19.0. The molecule has 0 saturated heterocycles. The van der Waals surface area contributed by atoms with Gasteiger partial charge in [0.05, 0.1) is 22.0 Å². The molecule has 0 bridgehead atoms. The fourth-order valence-electron chi connectivity index (χ4n) is 3.25. The highest BCUT2D eigenvalue weighted by atomic mass is 19.1. The number of aromatic nitrogens is 2. The van der Waals surface area contributed by atoms with E-state index in [4.69, 9.17) is 0 Å². The summed E-state index contributed by atoms with van der Waals surface area (Å²) in [6.45, 7) is 3.99. The Morgan fingerprint density at radius 3 is 2.38 bits per heavy atom. The van der Waals surface area contributed by atoms with Gasteiger partial charge in [-0.25, -0.2) is 9.07 Å². The monoisotopic (exact) mass is 430 g/mol. The largest absolute Gasteiger partial charge is 0.318 e. The molecule has 1 amide bonds. The molecular weight excluding hydrogens is 411 g/mol. The van der Waals surface area contributed by atoms with E-state index in [1.54, 1.807) is 12.1 Å². The fraction of sp³-hybridized carbons (Fsp3) is 0.0833. The third-order valence-electron chi connectivity index (χ3n) is 5.17. The number of carbonyl (C=O) groups is 1. The van der Waals surface area contributed by atoms with Crippen molar-refractivity contribution in [2.45, 2.75) is 13.8 Å². The highest BCUT2D eigenvalue weighted by molar-refractivity contribution is 6.04. The lowest BCUT2D eigenvalue weighted by molar-refractivity contribution is -0.384. The number of carbonyl (C=O) groups excluding carboxylic acids is 1. The van der Waals surface area contributed by atoms with Gasteiger partial charge in [-0.3, -0.25) is 14.9 Å². The van der Waals surface area contributed by atoms with Gasteiger partial charge in [-0.05, 0) is 61.4 Å². The quantitative estimate of drug-likeness (QED) is 0.336. The molecule has 1 heterocycles. The molecule has 3 aromatic carbocycles. The number of nitro benzene ring substituents is 1. The van der Waals surface area contributed by atoms with Crippen LogP contribution in [0.4, 0.5) is 15.8 Å². The van der Waals surface area contributed by atoms with Crippen molar-refractivity contribution >= 4 is 17.3 Å². The van der Waals surface area contributed by atoms with Crippen molar-refractivity contribution in [2.24, 2.45) is 0 Å². The van der Waals surface area contributed by atoms with E-state index in [0.717, 1.165) is 16.7 Å². The van der Waals surface area contributed by atoms with Crippen LogP contribution in [0.2, 0.25) is 0 Å². The van der Waals surface area contributed by atoms with Gasteiger partial charge in [0, 0.05) is 17.7 Å². The Labute approximate surface area is 183 Å². The maximum Gasteiger partial charge on any atom is 0.274 e. The van der Waals surface area contributed by atoms with E-state index in [1.165, 1.54) is 47.1 Å². The summed E-state index contributed by atoms with van der Waals surface area (Å²) in [6.07, 6.45) is 0. The standard InChI is InChI=1S/C24H19FN4O3/c1-15-7-8-17(13-16(15)2)22-14-23(24(30)26-21-6-4-3-5-20(21)25)28(27-22)18-9-11-19(12-10-18)29(31)32/h3-14H,1-2H3,(H,26,30). The van der Waals surface area contributed by atoms with Crippen LogP contribution in [0.15, 0.2) is 72.8 Å². The molecule has 1 N–H and O–H groups in total. The number of aryl methyl sites for hydroxylation is 2. The van der Waals surface area contributed by atoms with E-state index in [2.05, 4.69) is 10.4 Å². The summed E-state index contributed by atoms with van der Waals surface area (Å²) in [5.74, 6) is -1.12. The Balaban J connectivity index is 1.79. The Morgan fingerprint density at radius 2 is 1.72 bits per heavy atom. The Bertz CT molecular complexity index is 1330. The first-order valence-corrected chi connectivity index (χ1v) is 9.82. The summed E-state index contributed by atoms with van der Waals surface area (Å²) in [5, 5.41) is 18.1. The average Bonchev–Trinajstić information content (AvgIpc) is 3.23. The minimum Gasteiger partial charge on any atom is -0.318 e. The zero-order chi connectivity index (χ0) is 22.8. The third kappa shape index (κ3) is 4.11. The molecule has 32 heavy (non-hydrogen) atoms. The molecule has 0 aliphatic carbocycles. The third-order valence-corrected chi connectivity index (χ3v) is 5.17. The molecular formula is C24H19FN4O3. The molecule has 160 valence electrons. The Hall–Kier alpha value is -4.33. The lowest BCUT2D eigenvalue weighted by Crippen LogP contribution is -2.17. The van der Waals surface area contributed by atoms with Crippen LogP contribution >= 0.6 is 0 Å². The number of para-hydroxylation sites is 1. The van der Waals surface area contributed by atoms with Gasteiger partial charge < -0.3 is 5.32 Å². The summed E-state index contributed by atoms with van der Waals surface area (Å²) in [7, 11) is 0. The summed E-state index contributed by atoms with van der Waals surface area (Å²) in [4.78, 5) is 23.5. The van der Waals surface area contributed by atoms with Crippen molar-refractivity contribution in [3.05, 3.63) is 106 Å². The van der Waals surface area contributed by atoms with Gasteiger partial charge in [0.15, 0.2) is 0 Å². The first kappa shape index (κ1) is 20.9. The molecule has 1 aromatic heterocycles. The summed E-state index contributed by atoms with van der Waals surface area (Å²) < 4.78 is 15.5. The van der Waals surface area contributed by atoms with Gasteiger partial charge in [0.2, 0.25) is 0 Å². The van der Waals surface area contributed by atoms with Crippen LogP contribution in [0, 0.1) is 29.8 Å². The molecule has 0 aliphatic rings. The van der Waals surface area contributed by atoms with E-state index < -0.39 is 16.6 Å². The second kappa shape index (κ2) is 8.43. The molecule has 7 nitrogen and oxygen atoms in total. The maximum absolute atomic E-state index is 14.1. The van der Waals surface area contributed by atoms with Crippen LogP contribution < -0.4 is 5.32 Å². The molecule has 0 atom stereocenters. The molecule has 0 saturated carbocycles. The predicted octanol–water partition coefficient (Wildman–Crippen LogP) is 5.46. The van der Waals surface area contributed by atoms with E-state index in [-0.39, 0.29) is 17.1 Å². The van der Waals surface area contributed by atoms with Gasteiger partial charge in [0.1, 0.15) is 11.5 Å². The molecule has 0 spiro atoms. The van der Waals surface area contributed by atoms with Crippen molar-refractivity contribution in [3.8, 4) is 16.9 Å². The normalized spacial score (nSPS) is 10.7.